The minimum Gasteiger partial charge on any atom is -0.545 e. The van der Waals surface area contributed by atoms with Crippen LogP contribution in [-0.4, -0.2) is 32.3 Å². The molecule has 2 aromatic carbocycles. The third kappa shape index (κ3) is 2.88. The molecule has 0 bridgehead atoms. The van der Waals surface area contributed by atoms with E-state index in [1.807, 2.05) is 24.3 Å². The number of carboxylic acid groups (broad SMARTS) is 1. The number of hydrogen-bond acceptors (Lipinski definition) is 5. The van der Waals surface area contributed by atoms with E-state index in [4.69, 9.17) is 4.74 Å². The van der Waals surface area contributed by atoms with Crippen LogP contribution in [0.3, 0.4) is 0 Å². The Labute approximate surface area is 140 Å². The maximum absolute atomic E-state index is 12.8. The zero-order chi connectivity index (χ0) is 17.3. The van der Waals surface area contributed by atoms with Crippen LogP contribution in [0.5, 0.6) is 5.75 Å². The highest BCUT2D eigenvalue weighted by molar-refractivity contribution is 7.89. The Kier molecular flexibility index (Phi) is 4.29. The molecule has 126 valence electrons. The van der Waals surface area contributed by atoms with E-state index in [0.29, 0.717) is 13.0 Å². The molecular weight excluding hydrogens is 330 g/mol. The lowest BCUT2D eigenvalue weighted by atomic mass is 10.0. The highest BCUT2D eigenvalue weighted by atomic mass is 32.2. The number of sulfonamides is 1. The zero-order valence-corrected chi connectivity index (χ0v) is 13.9. The van der Waals surface area contributed by atoms with Gasteiger partial charge in [-0.05, 0) is 35.7 Å². The zero-order valence-electron chi connectivity index (χ0n) is 13.1. The number of benzene rings is 2. The first-order valence-corrected chi connectivity index (χ1v) is 8.84. The van der Waals surface area contributed by atoms with Crippen LogP contribution in [0.4, 0.5) is 0 Å². The maximum atomic E-state index is 12.8. The van der Waals surface area contributed by atoms with Gasteiger partial charge in [-0.25, -0.2) is 8.42 Å². The molecule has 0 saturated heterocycles. The third-order valence-electron chi connectivity index (χ3n) is 4.12. The molecule has 2 aromatic rings. The van der Waals surface area contributed by atoms with Gasteiger partial charge >= 0.3 is 0 Å². The number of carbonyl (C=O) groups is 1. The van der Waals surface area contributed by atoms with Gasteiger partial charge in [0.05, 0.1) is 18.0 Å². The molecule has 6 nitrogen and oxygen atoms in total. The number of rotatable bonds is 4. The number of nitrogens with zero attached hydrogens (tertiary/aromatic N) is 1. The summed E-state index contributed by atoms with van der Waals surface area (Å²) in [6.45, 7) is 0.622. The molecule has 0 fully saturated rings. The molecular formula is C17H16NO5S-. The van der Waals surface area contributed by atoms with Gasteiger partial charge in [0, 0.05) is 18.7 Å². The van der Waals surface area contributed by atoms with Crippen LogP contribution in [0.25, 0.3) is 0 Å². The summed E-state index contributed by atoms with van der Waals surface area (Å²) >= 11 is 0. The molecule has 0 spiro atoms. The molecule has 0 unspecified atom stereocenters. The maximum Gasteiger partial charge on any atom is 0.243 e. The van der Waals surface area contributed by atoms with Crippen molar-refractivity contribution in [3.05, 3.63) is 59.2 Å². The van der Waals surface area contributed by atoms with Crippen molar-refractivity contribution in [3.8, 4) is 5.75 Å². The van der Waals surface area contributed by atoms with Crippen molar-refractivity contribution in [1.82, 2.24) is 4.31 Å². The molecule has 24 heavy (non-hydrogen) atoms. The minimum atomic E-state index is -3.80. The molecule has 0 aliphatic carbocycles. The third-order valence-corrected chi connectivity index (χ3v) is 5.97. The van der Waals surface area contributed by atoms with Gasteiger partial charge < -0.3 is 14.6 Å². The van der Waals surface area contributed by atoms with E-state index >= 15 is 0 Å². The Balaban J connectivity index is 1.97. The van der Waals surface area contributed by atoms with E-state index in [0.717, 1.165) is 17.2 Å². The molecule has 0 N–H and O–H groups in total. The van der Waals surface area contributed by atoms with Crippen LogP contribution in [0, 0.1) is 0 Å². The second-order valence-corrected chi connectivity index (χ2v) is 7.44. The van der Waals surface area contributed by atoms with Crippen LogP contribution in [0.2, 0.25) is 0 Å². The van der Waals surface area contributed by atoms with Gasteiger partial charge in [0.25, 0.3) is 0 Å². The van der Waals surface area contributed by atoms with E-state index in [9.17, 15) is 18.3 Å². The number of carboxylic acids is 1. The number of hydrogen-bond donors (Lipinski definition) is 0. The van der Waals surface area contributed by atoms with Crippen molar-refractivity contribution in [2.24, 2.45) is 0 Å². The fraction of sp³-hybridized carbons (Fsp3) is 0.235. The molecule has 1 heterocycles. The Morgan fingerprint density at radius 1 is 1.17 bits per heavy atom. The molecule has 0 saturated carbocycles. The molecule has 0 amide bonds. The van der Waals surface area contributed by atoms with E-state index in [1.54, 1.807) is 0 Å². The van der Waals surface area contributed by atoms with Gasteiger partial charge in [-0.3, -0.25) is 0 Å². The highest BCUT2D eigenvalue weighted by Crippen LogP contribution is 2.27. The second-order valence-electron chi connectivity index (χ2n) is 5.51. The van der Waals surface area contributed by atoms with Crippen molar-refractivity contribution in [1.29, 1.82) is 0 Å². The fourth-order valence-electron chi connectivity index (χ4n) is 2.83. The van der Waals surface area contributed by atoms with E-state index in [-0.39, 0.29) is 22.8 Å². The SMILES string of the molecule is COc1ccc(S(=O)(=O)N2CCc3ccccc3C2)cc1C(=O)[O-]. The van der Waals surface area contributed by atoms with E-state index in [2.05, 4.69) is 0 Å². The predicted molar refractivity (Wildman–Crippen MR) is 85.1 cm³/mol. The van der Waals surface area contributed by atoms with Crippen molar-refractivity contribution in [2.75, 3.05) is 13.7 Å². The topological polar surface area (TPSA) is 86.7 Å². The van der Waals surface area contributed by atoms with Crippen LogP contribution >= 0.6 is 0 Å². The van der Waals surface area contributed by atoms with Crippen molar-refractivity contribution in [2.45, 2.75) is 17.9 Å². The summed E-state index contributed by atoms with van der Waals surface area (Å²) in [5.41, 5.74) is 1.81. The first-order chi connectivity index (χ1) is 11.4. The molecule has 1 aliphatic heterocycles. The number of carbonyl (C=O) groups excluding carboxylic acids is 1. The Hall–Kier alpha value is -2.38. The lowest BCUT2D eigenvalue weighted by molar-refractivity contribution is -0.255. The van der Waals surface area contributed by atoms with Crippen LogP contribution in [0.1, 0.15) is 21.5 Å². The monoisotopic (exact) mass is 346 g/mol. The predicted octanol–water partition coefficient (Wildman–Crippen LogP) is 0.806. The Bertz CT molecular complexity index is 892. The molecule has 0 atom stereocenters. The molecule has 1 aliphatic rings. The first-order valence-electron chi connectivity index (χ1n) is 7.40. The Morgan fingerprint density at radius 2 is 1.88 bits per heavy atom. The average molecular weight is 346 g/mol. The minimum absolute atomic E-state index is 0.0675. The summed E-state index contributed by atoms with van der Waals surface area (Å²) in [6, 6.07) is 11.5. The van der Waals surface area contributed by atoms with Crippen LogP contribution < -0.4 is 9.84 Å². The largest absolute Gasteiger partial charge is 0.545 e. The second kappa shape index (κ2) is 6.26. The highest BCUT2D eigenvalue weighted by Gasteiger charge is 2.28. The lowest BCUT2D eigenvalue weighted by Crippen LogP contribution is -2.36. The summed E-state index contributed by atoms with van der Waals surface area (Å²) < 4.78 is 32.0. The number of ether oxygens (including phenoxy) is 1. The van der Waals surface area contributed by atoms with Gasteiger partial charge in [-0.15, -0.1) is 0 Å². The summed E-state index contributed by atoms with van der Waals surface area (Å²) in [7, 11) is -2.48. The standard InChI is InChI=1S/C17H17NO5S/c1-23-16-7-6-14(10-15(16)17(19)20)24(21,22)18-9-8-12-4-2-3-5-13(12)11-18/h2-7,10H,8-9,11H2,1H3,(H,19,20)/p-1. The number of aromatic carboxylic acids is 1. The van der Waals surface area contributed by atoms with Gasteiger partial charge in [-0.2, -0.15) is 4.31 Å². The number of fused-ring (bicyclic) bond motifs is 1. The van der Waals surface area contributed by atoms with E-state index in [1.165, 1.54) is 23.5 Å². The van der Waals surface area contributed by atoms with E-state index < -0.39 is 16.0 Å². The van der Waals surface area contributed by atoms with Crippen LogP contribution in [-0.2, 0) is 23.0 Å². The van der Waals surface area contributed by atoms with Crippen molar-refractivity contribution >= 4 is 16.0 Å². The summed E-state index contributed by atoms with van der Waals surface area (Å²) in [4.78, 5) is 11.1. The first kappa shape index (κ1) is 16.5. The van der Waals surface area contributed by atoms with Crippen LogP contribution in [0.15, 0.2) is 47.4 Å². The fourth-order valence-corrected chi connectivity index (χ4v) is 4.28. The van der Waals surface area contributed by atoms with Gasteiger partial charge in [0.15, 0.2) is 0 Å². The molecule has 7 heteroatoms. The van der Waals surface area contributed by atoms with Crippen molar-refractivity contribution in [3.63, 3.8) is 0 Å². The summed E-state index contributed by atoms with van der Waals surface area (Å²) in [5.74, 6) is -1.41. The van der Waals surface area contributed by atoms with Gasteiger partial charge in [0.2, 0.25) is 10.0 Å². The number of methoxy groups -OCH3 is 1. The Morgan fingerprint density at radius 3 is 2.54 bits per heavy atom. The lowest BCUT2D eigenvalue weighted by Gasteiger charge is -2.28. The summed E-state index contributed by atoms with van der Waals surface area (Å²) in [6.07, 6.45) is 0.624. The summed E-state index contributed by atoms with van der Waals surface area (Å²) in [5, 5.41) is 11.2. The smallest absolute Gasteiger partial charge is 0.243 e. The van der Waals surface area contributed by atoms with Gasteiger partial charge in [-0.1, -0.05) is 24.3 Å². The average Bonchev–Trinajstić information content (AvgIpc) is 2.60. The quantitative estimate of drug-likeness (QED) is 0.817. The van der Waals surface area contributed by atoms with Crippen molar-refractivity contribution < 1.29 is 23.1 Å². The molecule has 3 rings (SSSR count). The molecule has 0 radical (unpaired) electrons. The normalized spacial score (nSPS) is 14.9. The molecule has 0 aromatic heterocycles. The van der Waals surface area contributed by atoms with Gasteiger partial charge in [0.1, 0.15) is 5.75 Å².